The largest absolute Gasteiger partial charge is 0.486 e. The smallest absolute Gasteiger partial charge is 0.165 e. The number of carbonyl (C=O) groups excluding carboxylic acids is 1. The number of Topliss-reactive ketones (excluding diaryl/α,β-unsaturated/α-hetero) is 1. The molecule has 0 radical (unpaired) electrons. The number of ketones is 1. The van der Waals surface area contributed by atoms with Crippen molar-refractivity contribution in [3.63, 3.8) is 0 Å². The fourth-order valence-corrected chi connectivity index (χ4v) is 3.79. The molecule has 2 aliphatic carbocycles. The number of halogens is 2. The lowest BCUT2D eigenvalue weighted by Crippen LogP contribution is -2.56. The van der Waals surface area contributed by atoms with Gasteiger partial charge in [0.25, 0.3) is 0 Å². The van der Waals surface area contributed by atoms with E-state index < -0.39 is 0 Å². The monoisotopic (exact) mass is 340 g/mol. The van der Waals surface area contributed by atoms with Gasteiger partial charge in [0.2, 0.25) is 0 Å². The van der Waals surface area contributed by atoms with Crippen molar-refractivity contribution in [1.29, 1.82) is 0 Å². The van der Waals surface area contributed by atoms with Gasteiger partial charge in [-0.15, -0.1) is 0 Å². The van der Waals surface area contributed by atoms with Gasteiger partial charge < -0.3 is 4.74 Å². The van der Waals surface area contributed by atoms with Crippen molar-refractivity contribution in [2.75, 3.05) is 0 Å². The van der Waals surface area contributed by atoms with Crippen LogP contribution in [0.1, 0.15) is 44.9 Å². The summed E-state index contributed by atoms with van der Waals surface area (Å²) in [6.07, 6.45) is 6.58. The van der Waals surface area contributed by atoms with Crippen LogP contribution in [0.25, 0.3) is 0 Å². The lowest BCUT2D eigenvalue weighted by molar-refractivity contribution is -0.154. The maximum absolute atomic E-state index is 13.8. The van der Waals surface area contributed by atoms with E-state index in [0.717, 1.165) is 30.2 Å². The minimum Gasteiger partial charge on any atom is -0.486 e. The van der Waals surface area contributed by atoms with Crippen LogP contribution in [0.15, 0.2) is 22.7 Å². The Hall–Kier alpha value is -0.900. The Bertz CT molecular complexity index is 521. The first-order valence-corrected chi connectivity index (χ1v) is 8.06. The van der Waals surface area contributed by atoms with Crippen LogP contribution in [-0.2, 0) is 4.79 Å². The predicted octanol–water partition coefficient (Wildman–Crippen LogP) is 4.65. The molecule has 1 atom stereocenters. The molecule has 20 heavy (non-hydrogen) atoms. The van der Waals surface area contributed by atoms with Crippen LogP contribution in [0.2, 0.25) is 0 Å². The number of hydrogen-bond acceptors (Lipinski definition) is 2. The topological polar surface area (TPSA) is 26.3 Å². The van der Waals surface area contributed by atoms with Gasteiger partial charge in [0, 0.05) is 10.9 Å². The van der Waals surface area contributed by atoms with E-state index in [1.807, 2.05) is 0 Å². The molecule has 0 saturated heterocycles. The van der Waals surface area contributed by atoms with E-state index in [0.29, 0.717) is 12.2 Å². The molecule has 1 aromatic carbocycles. The lowest BCUT2D eigenvalue weighted by atomic mass is 9.60. The maximum Gasteiger partial charge on any atom is 0.165 e. The molecular formula is C16H18BrFO2. The van der Waals surface area contributed by atoms with Crippen molar-refractivity contribution >= 4 is 21.7 Å². The quantitative estimate of drug-likeness (QED) is 0.783. The van der Waals surface area contributed by atoms with Crippen molar-refractivity contribution < 1.29 is 13.9 Å². The molecule has 0 N–H and O–H groups in total. The van der Waals surface area contributed by atoms with Crippen molar-refractivity contribution in [2.45, 2.75) is 51.0 Å². The Morgan fingerprint density at radius 3 is 2.55 bits per heavy atom. The zero-order valence-corrected chi connectivity index (χ0v) is 12.9. The summed E-state index contributed by atoms with van der Waals surface area (Å²) in [5.41, 5.74) is -0.342. The van der Waals surface area contributed by atoms with E-state index in [4.69, 9.17) is 4.74 Å². The zero-order chi connectivity index (χ0) is 14.2. The summed E-state index contributed by atoms with van der Waals surface area (Å²) in [5, 5.41) is 0. The Morgan fingerprint density at radius 2 is 1.90 bits per heavy atom. The molecule has 2 saturated carbocycles. The van der Waals surface area contributed by atoms with Gasteiger partial charge in [0.05, 0.1) is 5.41 Å². The van der Waals surface area contributed by atoms with Gasteiger partial charge in [-0.2, -0.15) is 0 Å². The van der Waals surface area contributed by atoms with Crippen LogP contribution in [0.4, 0.5) is 4.39 Å². The molecule has 3 rings (SSSR count). The molecule has 0 bridgehead atoms. The number of benzene rings is 1. The molecule has 108 valence electrons. The Labute approximate surface area is 126 Å². The fraction of sp³-hybridized carbons (Fsp3) is 0.562. The average molecular weight is 341 g/mol. The average Bonchev–Trinajstić information content (AvgIpc) is 2.70. The number of hydrogen-bond donors (Lipinski definition) is 0. The highest BCUT2D eigenvalue weighted by molar-refractivity contribution is 9.10. The summed E-state index contributed by atoms with van der Waals surface area (Å²) in [6, 6.07) is 4.68. The first-order valence-electron chi connectivity index (χ1n) is 7.27. The van der Waals surface area contributed by atoms with Crippen molar-refractivity contribution in [3.8, 4) is 5.75 Å². The van der Waals surface area contributed by atoms with Gasteiger partial charge in [-0.05, 0) is 31.0 Å². The van der Waals surface area contributed by atoms with Crippen LogP contribution in [0.3, 0.4) is 0 Å². The zero-order valence-electron chi connectivity index (χ0n) is 11.3. The molecule has 0 heterocycles. The second-order valence-corrected chi connectivity index (χ2v) is 6.79. The molecule has 0 amide bonds. The SMILES string of the molecule is O=C1CC(Oc2cc(Br)ccc2F)C12CCCCCC2. The van der Waals surface area contributed by atoms with Gasteiger partial charge in [0.15, 0.2) is 11.6 Å². The van der Waals surface area contributed by atoms with Crippen LogP contribution < -0.4 is 4.74 Å². The highest BCUT2D eigenvalue weighted by atomic mass is 79.9. The van der Waals surface area contributed by atoms with Gasteiger partial charge in [-0.3, -0.25) is 4.79 Å². The van der Waals surface area contributed by atoms with Crippen LogP contribution in [0, 0.1) is 11.2 Å². The first kappa shape index (κ1) is 14.1. The second-order valence-electron chi connectivity index (χ2n) is 5.88. The molecule has 1 aromatic rings. The van der Waals surface area contributed by atoms with E-state index in [-0.39, 0.29) is 23.1 Å². The molecule has 2 fully saturated rings. The lowest BCUT2D eigenvalue weighted by Gasteiger charge is -2.47. The highest BCUT2D eigenvalue weighted by Crippen LogP contribution is 2.49. The van der Waals surface area contributed by atoms with Crippen LogP contribution in [0.5, 0.6) is 5.75 Å². The number of carbonyl (C=O) groups is 1. The summed E-state index contributed by atoms with van der Waals surface area (Å²) in [7, 11) is 0. The van der Waals surface area contributed by atoms with Gasteiger partial charge in [-0.1, -0.05) is 41.6 Å². The van der Waals surface area contributed by atoms with E-state index in [1.54, 1.807) is 12.1 Å². The fourth-order valence-electron chi connectivity index (χ4n) is 3.45. The van der Waals surface area contributed by atoms with Gasteiger partial charge in [-0.25, -0.2) is 4.39 Å². The van der Waals surface area contributed by atoms with Crippen LogP contribution in [-0.4, -0.2) is 11.9 Å². The third-order valence-electron chi connectivity index (χ3n) is 4.70. The Morgan fingerprint density at radius 1 is 1.20 bits per heavy atom. The molecule has 0 aromatic heterocycles. The van der Waals surface area contributed by atoms with E-state index >= 15 is 0 Å². The van der Waals surface area contributed by atoms with E-state index in [2.05, 4.69) is 15.9 Å². The number of rotatable bonds is 2. The molecule has 0 aliphatic heterocycles. The third kappa shape index (κ3) is 2.39. The van der Waals surface area contributed by atoms with Gasteiger partial charge >= 0.3 is 0 Å². The normalized spacial score (nSPS) is 25.1. The van der Waals surface area contributed by atoms with Gasteiger partial charge in [0.1, 0.15) is 11.9 Å². The summed E-state index contributed by atoms with van der Waals surface area (Å²) in [5.74, 6) is 0.191. The minimum absolute atomic E-state index is 0.156. The Kier molecular flexibility index (Phi) is 3.85. The van der Waals surface area contributed by atoms with Crippen molar-refractivity contribution in [1.82, 2.24) is 0 Å². The predicted molar refractivity (Wildman–Crippen MR) is 78.3 cm³/mol. The van der Waals surface area contributed by atoms with E-state index in [9.17, 15) is 9.18 Å². The molecule has 1 spiro atoms. The van der Waals surface area contributed by atoms with Crippen molar-refractivity contribution in [2.24, 2.45) is 5.41 Å². The highest BCUT2D eigenvalue weighted by Gasteiger charge is 2.55. The summed E-state index contributed by atoms with van der Waals surface area (Å²) >= 11 is 3.32. The molecule has 4 heteroatoms. The summed E-state index contributed by atoms with van der Waals surface area (Å²) in [4.78, 5) is 12.1. The molecule has 1 unspecified atom stereocenters. The summed E-state index contributed by atoms with van der Waals surface area (Å²) < 4.78 is 20.4. The first-order chi connectivity index (χ1) is 9.62. The minimum atomic E-state index is -0.365. The Balaban J connectivity index is 1.80. The second kappa shape index (κ2) is 5.47. The molecule has 2 nitrogen and oxygen atoms in total. The third-order valence-corrected chi connectivity index (χ3v) is 5.19. The van der Waals surface area contributed by atoms with Crippen LogP contribution >= 0.6 is 15.9 Å². The summed E-state index contributed by atoms with van der Waals surface area (Å²) in [6.45, 7) is 0. The number of ether oxygens (including phenoxy) is 1. The molecule has 2 aliphatic rings. The maximum atomic E-state index is 13.8. The standard InChI is InChI=1S/C16H18BrFO2/c17-11-5-6-12(18)13(9-11)20-15-10-14(19)16(15)7-3-1-2-4-8-16/h5-6,9,15H,1-4,7-8,10H2. The molecular weight excluding hydrogens is 323 g/mol. The van der Waals surface area contributed by atoms with Crippen molar-refractivity contribution in [3.05, 3.63) is 28.5 Å². The van der Waals surface area contributed by atoms with E-state index in [1.165, 1.54) is 18.9 Å².